The molecule has 336 valence electrons. The molecule has 9 rings (SSSR count). The molecule has 0 saturated carbocycles. The van der Waals surface area contributed by atoms with Crippen LogP contribution in [-0.4, -0.2) is 95.2 Å². The molecule has 3 aliphatic heterocycles. The molecule has 7 atom stereocenters. The van der Waals surface area contributed by atoms with Crippen molar-refractivity contribution in [2.24, 2.45) is 0 Å². The smallest absolute Gasteiger partial charge is 0.260 e. The van der Waals surface area contributed by atoms with E-state index in [-0.39, 0.29) is 50.3 Å². The summed E-state index contributed by atoms with van der Waals surface area (Å²) in [6, 6.07) is 38.2. The number of aromatic nitrogens is 4. The van der Waals surface area contributed by atoms with E-state index in [0.717, 1.165) is 41.6 Å². The van der Waals surface area contributed by atoms with E-state index in [4.69, 9.17) is 37.5 Å². The lowest BCUT2D eigenvalue weighted by atomic mass is 9.80. The van der Waals surface area contributed by atoms with E-state index in [1.807, 2.05) is 97.1 Å². The highest BCUT2D eigenvalue weighted by Gasteiger charge is 2.55. The number of hydrogen-bond donors (Lipinski definition) is 1. The first-order valence-electron chi connectivity index (χ1n) is 21.5. The third kappa shape index (κ3) is 9.07. The molecule has 65 heavy (non-hydrogen) atoms. The average molecular weight is 900 g/mol. The highest BCUT2D eigenvalue weighted by atomic mass is 31.2. The van der Waals surface area contributed by atoms with Gasteiger partial charge in [-0.2, -0.15) is 5.26 Å². The Balaban J connectivity index is 1.15. The molecule has 16 nitrogen and oxygen atoms in total. The Morgan fingerprint density at radius 3 is 2.23 bits per heavy atom. The van der Waals surface area contributed by atoms with Gasteiger partial charge in [0.1, 0.15) is 54.6 Å². The van der Waals surface area contributed by atoms with Gasteiger partial charge in [0.2, 0.25) is 5.91 Å². The average Bonchev–Trinajstić information content (AvgIpc) is 4.15. The standard InChI is InChI=1S/C48H50N7O9P/c1-32(56)53-45-41-46(51-29-50-45)54(30-52-41)47-44(60-31-59-27-11-25-49)43(64-65-55-26-10-16-39(55)42(63-65)33-12-6-4-7-13-33)40(62-47)28-61-48(34-14-8-5-9-15-34,35-17-21-37(57-2)22-18-35)36-19-23-38(58-3)24-20-36/h4-9,12-15,17-24,29-30,39-40,42-44,47H,10-11,16,26-28,31H2,1-3H3,(H,50,51,53,56)/t39-,40-,42+,43-,44-,47-,65+/m1/s1. The fourth-order valence-corrected chi connectivity index (χ4v) is 10.9. The van der Waals surface area contributed by atoms with Crippen LogP contribution in [0.3, 0.4) is 0 Å². The highest BCUT2D eigenvalue weighted by Crippen LogP contribution is 2.62. The molecule has 3 saturated heterocycles. The molecule has 2 aromatic heterocycles. The van der Waals surface area contributed by atoms with Gasteiger partial charge < -0.3 is 42.8 Å². The number of nitrogens with zero attached hydrogens (tertiary/aromatic N) is 6. The SMILES string of the molecule is COc1ccc(C(OC[C@H]2O[C@@H](n3cnc4c(NC(C)=O)ncnc43)[C@H](OCOCCC#N)[C@@H]2O[P@]2O[C@@H](c3ccccc3)[C@H]3CCCN32)(c2ccccc2)c2ccc(OC)cc2)cc1. The highest BCUT2D eigenvalue weighted by molar-refractivity contribution is 7.45. The third-order valence-electron chi connectivity index (χ3n) is 11.9. The molecule has 5 heterocycles. The van der Waals surface area contributed by atoms with Gasteiger partial charge in [0, 0.05) is 19.5 Å². The molecular weight excluding hydrogens is 850 g/mol. The van der Waals surface area contributed by atoms with Gasteiger partial charge in [0.05, 0.1) is 46.3 Å². The van der Waals surface area contributed by atoms with Crippen molar-refractivity contribution >= 4 is 31.4 Å². The zero-order valence-electron chi connectivity index (χ0n) is 36.3. The summed E-state index contributed by atoms with van der Waals surface area (Å²) in [6.07, 6.45) is 1.57. The van der Waals surface area contributed by atoms with Crippen molar-refractivity contribution in [1.82, 2.24) is 24.2 Å². The Bertz CT molecular complexity index is 2520. The van der Waals surface area contributed by atoms with Crippen molar-refractivity contribution in [3.63, 3.8) is 0 Å². The number of methoxy groups -OCH3 is 2. The van der Waals surface area contributed by atoms with Gasteiger partial charge >= 0.3 is 0 Å². The van der Waals surface area contributed by atoms with Crippen molar-refractivity contribution in [3.8, 4) is 17.6 Å². The van der Waals surface area contributed by atoms with E-state index in [2.05, 4.69) is 43.1 Å². The minimum Gasteiger partial charge on any atom is -0.497 e. The second-order valence-electron chi connectivity index (χ2n) is 15.8. The number of rotatable bonds is 18. The zero-order valence-corrected chi connectivity index (χ0v) is 37.2. The van der Waals surface area contributed by atoms with Crippen LogP contribution in [0.4, 0.5) is 5.82 Å². The summed E-state index contributed by atoms with van der Waals surface area (Å²) >= 11 is 0. The molecular formula is C48H50N7O9P. The molecule has 3 fully saturated rings. The number of hydrogen-bond acceptors (Lipinski definition) is 14. The van der Waals surface area contributed by atoms with Gasteiger partial charge in [-0.3, -0.25) is 9.36 Å². The lowest BCUT2D eigenvalue weighted by Crippen LogP contribution is -2.41. The molecule has 0 radical (unpaired) electrons. The number of anilines is 1. The normalized spacial score (nSPS) is 23.0. The minimum atomic E-state index is -1.64. The number of benzene rings is 4. The molecule has 0 aliphatic carbocycles. The van der Waals surface area contributed by atoms with Gasteiger partial charge in [0.25, 0.3) is 8.53 Å². The van der Waals surface area contributed by atoms with Crippen molar-refractivity contribution < 1.29 is 42.3 Å². The van der Waals surface area contributed by atoms with Crippen LogP contribution in [0.5, 0.6) is 11.5 Å². The molecule has 1 amide bonds. The number of carbonyl (C=O) groups excluding carboxylic acids is 1. The van der Waals surface area contributed by atoms with Crippen molar-refractivity contribution in [2.75, 3.05) is 46.1 Å². The van der Waals surface area contributed by atoms with Crippen LogP contribution in [0.25, 0.3) is 11.2 Å². The first-order valence-corrected chi connectivity index (χ1v) is 22.7. The Morgan fingerprint density at radius 1 is 0.892 bits per heavy atom. The maximum Gasteiger partial charge on any atom is 0.260 e. The van der Waals surface area contributed by atoms with Crippen LogP contribution in [0.2, 0.25) is 0 Å². The van der Waals surface area contributed by atoms with Gasteiger partial charge in [-0.15, -0.1) is 0 Å². The lowest BCUT2D eigenvalue weighted by Gasteiger charge is -2.37. The number of ether oxygens (including phenoxy) is 6. The zero-order chi connectivity index (χ0) is 44.8. The van der Waals surface area contributed by atoms with Crippen LogP contribution in [0.1, 0.15) is 60.8 Å². The van der Waals surface area contributed by atoms with Gasteiger partial charge in [0.15, 0.2) is 23.2 Å². The topological polar surface area (TPSA) is 174 Å². The predicted octanol–water partition coefficient (Wildman–Crippen LogP) is 7.83. The summed E-state index contributed by atoms with van der Waals surface area (Å²) in [4.78, 5) is 25.7. The van der Waals surface area contributed by atoms with Crippen LogP contribution in [0, 0.1) is 11.3 Å². The summed E-state index contributed by atoms with van der Waals surface area (Å²) in [7, 11) is 1.64. The Labute approximate surface area is 378 Å². The third-order valence-corrected chi connectivity index (χ3v) is 13.7. The molecule has 17 heteroatoms. The maximum absolute atomic E-state index is 12.2. The number of amides is 1. The van der Waals surface area contributed by atoms with E-state index >= 15 is 0 Å². The summed E-state index contributed by atoms with van der Waals surface area (Å²) in [5.41, 5.74) is 3.23. The lowest BCUT2D eigenvalue weighted by molar-refractivity contribution is -0.136. The fraction of sp³-hybridized carbons (Fsp3) is 0.354. The summed E-state index contributed by atoms with van der Waals surface area (Å²) in [5.74, 6) is 1.35. The Hall–Kier alpha value is -5.86. The molecule has 0 bridgehead atoms. The number of imidazole rings is 1. The first-order chi connectivity index (χ1) is 31.9. The summed E-state index contributed by atoms with van der Waals surface area (Å²) in [6.45, 7) is 2.21. The minimum absolute atomic E-state index is 0.00323. The van der Waals surface area contributed by atoms with Crippen LogP contribution in [0.15, 0.2) is 122 Å². The molecule has 4 aromatic carbocycles. The quantitative estimate of drug-likeness (QED) is 0.0383. The van der Waals surface area contributed by atoms with E-state index < -0.39 is 38.7 Å². The Morgan fingerprint density at radius 2 is 1.57 bits per heavy atom. The van der Waals surface area contributed by atoms with Crippen molar-refractivity contribution in [1.29, 1.82) is 5.26 Å². The van der Waals surface area contributed by atoms with Crippen molar-refractivity contribution in [2.45, 2.75) is 68.5 Å². The molecule has 1 N–H and O–H groups in total. The number of carbonyl (C=O) groups is 1. The van der Waals surface area contributed by atoms with Gasteiger partial charge in [-0.1, -0.05) is 84.9 Å². The van der Waals surface area contributed by atoms with E-state index in [1.54, 1.807) is 25.1 Å². The molecule has 3 aliphatic rings. The summed E-state index contributed by atoms with van der Waals surface area (Å²) < 4.78 is 56.6. The second-order valence-corrected chi connectivity index (χ2v) is 17.2. The number of nitrogens with one attached hydrogen (secondary N) is 1. The molecule has 0 unspecified atom stereocenters. The van der Waals surface area contributed by atoms with Crippen molar-refractivity contribution in [3.05, 3.63) is 144 Å². The largest absolute Gasteiger partial charge is 0.497 e. The van der Waals surface area contributed by atoms with Crippen LogP contribution in [-0.2, 0) is 38.4 Å². The second kappa shape index (κ2) is 20.1. The number of nitriles is 1. The first kappa shape index (κ1) is 44.3. The summed E-state index contributed by atoms with van der Waals surface area (Å²) in [5, 5.41) is 12.0. The van der Waals surface area contributed by atoms with Gasteiger partial charge in [-0.05, 0) is 59.4 Å². The van der Waals surface area contributed by atoms with E-state index in [1.165, 1.54) is 13.3 Å². The fourth-order valence-electron chi connectivity index (χ4n) is 8.88. The maximum atomic E-state index is 12.2. The number of fused-ring (bicyclic) bond motifs is 2. The van der Waals surface area contributed by atoms with Gasteiger partial charge in [-0.25, -0.2) is 19.6 Å². The van der Waals surface area contributed by atoms with E-state index in [9.17, 15) is 10.1 Å². The molecule has 0 spiro atoms. The van der Waals surface area contributed by atoms with Crippen LogP contribution < -0.4 is 14.8 Å². The monoisotopic (exact) mass is 899 g/mol. The van der Waals surface area contributed by atoms with Crippen LogP contribution >= 0.6 is 8.53 Å². The Kier molecular flexibility index (Phi) is 13.7. The molecule has 6 aromatic rings. The predicted molar refractivity (Wildman–Crippen MR) is 240 cm³/mol. The van der Waals surface area contributed by atoms with E-state index in [0.29, 0.717) is 22.7 Å².